The van der Waals surface area contributed by atoms with Gasteiger partial charge < -0.3 is 39.6 Å². The molecule has 0 aromatic heterocycles. The Balaban J connectivity index is 1.69. The van der Waals surface area contributed by atoms with Gasteiger partial charge in [0.15, 0.2) is 23.0 Å². The smallest absolute Gasteiger partial charge is 0.239 e. The highest BCUT2D eigenvalue weighted by molar-refractivity contribution is 5.84. The van der Waals surface area contributed by atoms with Crippen LogP contribution in [0.25, 0.3) is 11.1 Å². The maximum Gasteiger partial charge on any atom is 0.239 e. The molecule has 11 heteroatoms. The van der Waals surface area contributed by atoms with E-state index in [-0.39, 0.29) is 41.4 Å². The molecular formula is C35H43N3O8. The Morgan fingerprint density at radius 2 is 1.54 bits per heavy atom. The summed E-state index contributed by atoms with van der Waals surface area (Å²) in [5, 5.41) is 9.10. The Morgan fingerprint density at radius 1 is 0.848 bits per heavy atom. The summed E-state index contributed by atoms with van der Waals surface area (Å²) in [6.45, 7) is 5.33. The molecule has 46 heavy (non-hydrogen) atoms. The number of hydrogen-bond acceptors (Lipinski definition) is 9. The number of amides is 2. The second kappa shape index (κ2) is 14.9. The van der Waals surface area contributed by atoms with Gasteiger partial charge in [-0.25, -0.2) is 0 Å². The molecule has 0 saturated heterocycles. The van der Waals surface area contributed by atoms with E-state index in [0.717, 1.165) is 16.7 Å². The Bertz CT molecular complexity index is 1660. The molecular weight excluding hydrogens is 590 g/mol. The highest BCUT2D eigenvalue weighted by Gasteiger charge is 2.29. The van der Waals surface area contributed by atoms with E-state index in [2.05, 4.69) is 16.0 Å². The third kappa shape index (κ3) is 7.14. The molecule has 246 valence electrons. The van der Waals surface area contributed by atoms with Crippen molar-refractivity contribution in [1.29, 1.82) is 0 Å². The van der Waals surface area contributed by atoms with Gasteiger partial charge in [-0.05, 0) is 71.3 Å². The first-order valence-corrected chi connectivity index (χ1v) is 15.1. The van der Waals surface area contributed by atoms with Crippen molar-refractivity contribution in [3.63, 3.8) is 0 Å². The fraction of sp³-hybridized carbons (Fsp3) is 0.400. The molecule has 11 nitrogen and oxygen atoms in total. The average molecular weight is 634 g/mol. The highest BCUT2D eigenvalue weighted by atomic mass is 16.5. The summed E-state index contributed by atoms with van der Waals surface area (Å²) in [4.78, 5) is 39.0. The molecule has 2 atom stereocenters. The van der Waals surface area contributed by atoms with Crippen LogP contribution in [-0.2, 0) is 16.0 Å². The normalized spacial score (nSPS) is 14.2. The third-order valence-corrected chi connectivity index (χ3v) is 8.11. The molecule has 1 aliphatic rings. The third-order valence-electron chi connectivity index (χ3n) is 8.11. The van der Waals surface area contributed by atoms with Gasteiger partial charge in [0, 0.05) is 12.5 Å². The molecule has 0 bridgehead atoms. The minimum atomic E-state index is -0.439. The quantitative estimate of drug-likeness (QED) is 0.257. The van der Waals surface area contributed by atoms with E-state index in [1.54, 1.807) is 40.6 Å². The Labute approximate surface area is 269 Å². The number of nitrogens with one attached hydrogen (secondary N) is 3. The van der Waals surface area contributed by atoms with E-state index in [9.17, 15) is 14.4 Å². The number of ether oxygens (including phenoxy) is 5. The Morgan fingerprint density at radius 3 is 2.15 bits per heavy atom. The monoisotopic (exact) mass is 633 g/mol. The van der Waals surface area contributed by atoms with Crippen LogP contribution in [0.3, 0.4) is 0 Å². The van der Waals surface area contributed by atoms with Crippen LogP contribution in [0.2, 0.25) is 0 Å². The van der Waals surface area contributed by atoms with Gasteiger partial charge in [0.25, 0.3) is 0 Å². The minimum absolute atomic E-state index is 0.0682. The lowest BCUT2D eigenvalue weighted by atomic mass is 9.95. The van der Waals surface area contributed by atoms with Crippen molar-refractivity contribution >= 4 is 17.5 Å². The largest absolute Gasteiger partial charge is 0.493 e. The number of fused-ring (bicyclic) bond motifs is 3. The van der Waals surface area contributed by atoms with Crippen LogP contribution in [0.4, 0.5) is 5.69 Å². The first-order valence-electron chi connectivity index (χ1n) is 15.1. The van der Waals surface area contributed by atoms with E-state index in [0.29, 0.717) is 52.7 Å². The second-order valence-electron chi connectivity index (χ2n) is 11.4. The van der Waals surface area contributed by atoms with Crippen LogP contribution in [0.1, 0.15) is 56.0 Å². The summed E-state index contributed by atoms with van der Waals surface area (Å²) in [6, 6.07) is 11.7. The summed E-state index contributed by atoms with van der Waals surface area (Å²) < 4.78 is 27.9. The molecule has 3 aromatic rings. The zero-order chi connectivity index (χ0) is 33.5. The van der Waals surface area contributed by atoms with Crippen LogP contribution < -0.4 is 45.1 Å². The molecule has 4 rings (SSSR count). The lowest BCUT2D eigenvalue weighted by Gasteiger charge is -2.24. The fourth-order valence-electron chi connectivity index (χ4n) is 5.93. The number of hydrogen-bond donors (Lipinski definition) is 3. The van der Waals surface area contributed by atoms with Gasteiger partial charge in [0.1, 0.15) is 0 Å². The summed E-state index contributed by atoms with van der Waals surface area (Å²) >= 11 is 0. The first-order chi connectivity index (χ1) is 22.1. The number of carbonyl (C=O) groups excluding carboxylic acids is 2. The molecule has 2 amide bonds. The van der Waals surface area contributed by atoms with Crippen molar-refractivity contribution in [2.24, 2.45) is 5.92 Å². The fourth-order valence-corrected chi connectivity index (χ4v) is 5.93. The summed E-state index contributed by atoms with van der Waals surface area (Å²) in [5.74, 6) is 2.13. The van der Waals surface area contributed by atoms with Gasteiger partial charge in [-0.15, -0.1) is 0 Å². The number of benzene rings is 2. The summed E-state index contributed by atoms with van der Waals surface area (Å²) in [5.41, 5.74) is 3.78. The van der Waals surface area contributed by atoms with Crippen molar-refractivity contribution in [3.05, 3.63) is 69.4 Å². The van der Waals surface area contributed by atoms with Crippen molar-refractivity contribution in [2.75, 3.05) is 47.4 Å². The SMILES string of the molecule is COc1ccc([C@@H](NC(=O)CNc2ccc3c(cc2=O)[C@@H](NC(C)=O)CCc2cc(OC)c(OC)c(OC)c2-3)C(C)C)cc1OC. The topological polar surface area (TPSA) is 133 Å². The van der Waals surface area contributed by atoms with Crippen molar-refractivity contribution in [2.45, 2.75) is 45.7 Å². The molecule has 0 aliphatic heterocycles. The highest BCUT2D eigenvalue weighted by Crippen LogP contribution is 2.50. The maximum absolute atomic E-state index is 13.6. The van der Waals surface area contributed by atoms with E-state index in [1.165, 1.54) is 20.1 Å². The first kappa shape index (κ1) is 34.0. The zero-order valence-electron chi connectivity index (χ0n) is 27.7. The van der Waals surface area contributed by atoms with Gasteiger partial charge in [0.2, 0.25) is 23.0 Å². The molecule has 3 N–H and O–H groups in total. The lowest BCUT2D eigenvalue weighted by molar-refractivity contribution is -0.121. The number of anilines is 1. The van der Waals surface area contributed by atoms with Gasteiger partial charge in [-0.3, -0.25) is 14.4 Å². The lowest BCUT2D eigenvalue weighted by Crippen LogP contribution is -2.36. The van der Waals surface area contributed by atoms with Crippen LogP contribution >= 0.6 is 0 Å². The second-order valence-corrected chi connectivity index (χ2v) is 11.4. The standard InChI is InChI=1S/C35H43N3O8/c1-19(2)33(22-10-14-28(42-4)29(16-22)43-5)38-31(41)18-36-26-13-11-23-24(17-27(26)40)25(37-20(3)39)12-9-21-15-30(44-6)34(45-7)35(46-8)32(21)23/h10-11,13-17,19,25,33H,9,12,18H2,1-8H3,(H,36,40)(H,37,39)(H,38,41)/t25-,33-/m0/s1. The summed E-state index contributed by atoms with van der Waals surface area (Å²) in [7, 11) is 7.78. The van der Waals surface area contributed by atoms with E-state index >= 15 is 0 Å². The van der Waals surface area contributed by atoms with Crippen LogP contribution in [-0.4, -0.2) is 53.9 Å². The van der Waals surface area contributed by atoms with Crippen molar-refractivity contribution < 1.29 is 33.3 Å². The van der Waals surface area contributed by atoms with Crippen molar-refractivity contribution in [1.82, 2.24) is 10.6 Å². The van der Waals surface area contributed by atoms with Gasteiger partial charge in [-0.2, -0.15) is 0 Å². The van der Waals surface area contributed by atoms with E-state index < -0.39 is 6.04 Å². The van der Waals surface area contributed by atoms with Gasteiger partial charge >= 0.3 is 0 Å². The van der Waals surface area contributed by atoms with Gasteiger partial charge in [-0.1, -0.05) is 26.0 Å². The molecule has 0 spiro atoms. The van der Waals surface area contributed by atoms with Crippen LogP contribution in [0.5, 0.6) is 28.7 Å². The van der Waals surface area contributed by atoms with Crippen LogP contribution in [0, 0.1) is 5.92 Å². The molecule has 0 radical (unpaired) electrons. The predicted octanol–water partition coefficient (Wildman–Crippen LogP) is 4.81. The maximum atomic E-state index is 13.6. The Hall–Kier alpha value is -4.93. The van der Waals surface area contributed by atoms with E-state index in [4.69, 9.17) is 23.7 Å². The van der Waals surface area contributed by atoms with Crippen molar-refractivity contribution in [3.8, 4) is 39.9 Å². The molecule has 0 unspecified atom stereocenters. The number of aryl methyl sites for hydroxylation is 1. The molecule has 3 aromatic carbocycles. The van der Waals surface area contributed by atoms with Crippen LogP contribution in [0.15, 0.2) is 47.3 Å². The number of methoxy groups -OCH3 is 5. The molecule has 1 aliphatic carbocycles. The predicted molar refractivity (Wildman–Crippen MR) is 176 cm³/mol. The zero-order valence-corrected chi connectivity index (χ0v) is 27.7. The molecule has 0 saturated carbocycles. The minimum Gasteiger partial charge on any atom is -0.493 e. The molecule has 0 fully saturated rings. The number of rotatable bonds is 12. The van der Waals surface area contributed by atoms with E-state index in [1.807, 2.05) is 38.1 Å². The number of carbonyl (C=O) groups is 2. The Kier molecular flexibility index (Phi) is 11.0. The van der Waals surface area contributed by atoms with Gasteiger partial charge in [0.05, 0.1) is 59.9 Å². The molecule has 0 heterocycles. The summed E-state index contributed by atoms with van der Waals surface area (Å²) in [6.07, 6.45) is 1.13. The average Bonchev–Trinajstić information content (AvgIpc) is 3.29.